The molecule has 6 heteroatoms. The maximum atomic E-state index is 11.8. The maximum absolute atomic E-state index is 11.8. The number of amides is 1. The minimum atomic E-state index is -1.14. The highest BCUT2D eigenvalue weighted by molar-refractivity contribution is 5.95. The minimum Gasteiger partial charge on any atom is -0.492 e. The fourth-order valence-corrected chi connectivity index (χ4v) is 2.04. The van der Waals surface area contributed by atoms with E-state index in [1.807, 2.05) is 24.3 Å². The number of carboxylic acid groups (broad SMARTS) is 1. The quantitative estimate of drug-likeness (QED) is 0.794. The molecule has 0 aliphatic carbocycles. The molecule has 0 saturated carbocycles. The Kier molecular flexibility index (Phi) is 5.28. The van der Waals surface area contributed by atoms with Gasteiger partial charge in [-0.25, -0.2) is 4.79 Å². The molecule has 1 aromatic heterocycles. The van der Waals surface area contributed by atoms with Crippen molar-refractivity contribution in [2.75, 3.05) is 13.2 Å². The lowest BCUT2D eigenvalue weighted by Crippen LogP contribution is -2.27. The van der Waals surface area contributed by atoms with Gasteiger partial charge in [0.15, 0.2) is 5.76 Å². The fraction of sp³-hybridized carbons (Fsp3) is 0.333. The molecule has 2 aromatic rings. The van der Waals surface area contributed by atoms with Gasteiger partial charge in [-0.05, 0) is 23.1 Å². The number of furan rings is 1. The molecule has 0 spiro atoms. The van der Waals surface area contributed by atoms with Crippen molar-refractivity contribution >= 4 is 11.9 Å². The van der Waals surface area contributed by atoms with Crippen molar-refractivity contribution in [2.24, 2.45) is 0 Å². The molecule has 128 valence electrons. The summed E-state index contributed by atoms with van der Waals surface area (Å²) in [6, 6.07) is 9.01. The Labute approximate surface area is 140 Å². The van der Waals surface area contributed by atoms with Crippen LogP contribution in [0.1, 0.15) is 47.2 Å². The summed E-state index contributed by atoms with van der Waals surface area (Å²) >= 11 is 0. The normalized spacial score (nSPS) is 11.1. The van der Waals surface area contributed by atoms with E-state index in [2.05, 4.69) is 26.1 Å². The second-order valence-electron chi connectivity index (χ2n) is 6.38. The van der Waals surface area contributed by atoms with Crippen LogP contribution in [0.5, 0.6) is 5.75 Å². The van der Waals surface area contributed by atoms with Crippen LogP contribution in [0.25, 0.3) is 0 Å². The van der Waals surface area contributed by atoms with Crippen molar-refractivity contribution in [2.45, 2.75) is 26.2 Å². The number of ether oxygens (including phenoxy) is 1. The van der Waals surface area contributed by atoms with E-state index in [0.29, 0.717) is 6.61 Å². The number of rotatable bonds is 6. The van der Waals surface area contributed by atoms with Crippen molar-refractivity contribution in [3.63, 3.8) is 0 Å². The highest BCUT2D eigenvalue weighted by Crippen LogP contribution is 2.24. The Morgan fingerprint density at radius 1 is 1.21 bits per heavy atom. The van der Waals surface area contributed by atoms with Gasteiger partial charge in [0.05, 0.1) is 12.1 Å². The molecule has 0 radical (unpaired) electrons. The van der Waals surface area contributed by atoms with E-state index >= 15 is 0 Å². The van der Waals surface area contributed by atoms with Crippen LogP contribution in [0.3, 0.4) is 0 Å². The number of hydrogen-bond acceptors (Lipinski definition) is 4. The zero-order valence-electron chi connectivity index (χ0n) is 14.0. The van der Waals surface area contributed by atoms with Gasteiger partial charge in [0.1, 0.15) is 18.6 Å². The summed E-state index contributed by atoms with van der Waals surface area (Å²) < 4.78 is 10.5. The third-order valence-electron chi connectivity index (χ3n) is 3.45. The molecule has 0 unspecified atom stereocenters. The monoisotopic (exact) mass is 331 g/mol. The van der Waals surface area contributed by atoms with E-state index in [1.165, 1.54) is 11.6 Å². The molecule has 2 rings (SSSR count). The summed E-state index contributed by atoms with van der Waals surface area (Å²) in [6.07, 6.45) is 1.03. The molecular weight excluding hydrogens is 310 g/mol. The molecule has 1 heterocycles. The molecule has 0 bridgehead atoms. The Morgan fingerprint density at radius 3 is 2.42 bits per heavy atom. The largest absolute Gasteiger partial charge is 0.492 e. The maximum Gasteiger partial charge on any atom is 0.338 e. The highest BCUT2D eigenvalue weighted by atomic mass is 16.5. The lowest BCUT2D eigenvalue weighted by Gasteiger charge is -2.19. The van der Waals surface area contributed by atoms with Gasteiger partial charge < -0.3 is 19.6 Å². The molecule has 24 heavy (non-hydrogen) atoms. The number of aromatic carboxylic acids is 1. The number of carbonyl (C=O) groups excluding carboxylic acids is 1. The Balaban J connectivity index is 1.78. The lowest BCUT2D eigenvalue weighted by atomic mass is 9.87. The van der Waals surface area contributed by atoms with Crippen LogP contribution in [0, 0.1) is 0 Å². The van der Waals surface area contributed by atoms with Gasteiger partial charge in [-0.2, -0.15) is 0 Å². The molecule has 2 N–H and O–H groups in total. The Bertz CT molecular complexity index is 710. The highest BCUT2D eigenvalue weighted by Gasteiger charge is 2.14. The first-order valence-corrected chi connectivity index (χ1v) is 7.61. The molecule has 6 nitrogen and oxygen atoms in total. The zero-order chi connectivity index (χ0) is 17.7. The van der Waals surface area contributed by atoms with Crippen LogP contribution in [-0.2, 0) is 5.41 Å². The number of carboxylic acids is 1. The fourth-order valence-electron chi connectivity index (χ4n) is 2.04. The predicted octanol–water partition coefficient (Wildman–Crippen LogP) is 3.08. The number of carbonyl (C=O) groups is 2. The van der Waals surface area contributed by atoms with Crippen LogP contribution >= 0.6 is 0 Å². The molecule has 0 aliphatic heterocycles. The number of hydrogen-bond donors (Lipinski definition) is 2. The summed E-state index contributed by atoms with van der Waals surface area (Å²) in [7, 11) is 0. The first-order valence-electron chi connectivity index (χ1n) is 7.61. The SMILES string of the molecule is CC(C)(C)c1ccc(OCCNC(=O)c2cc(C(=O)O)co2)cc1. The first-order chi connectivity index (χ1) is 11.3. The standard InChI is InChI=1S/C18H21NO5/c1-18(2,3)13-4-6-14(7-5-13)23-9-8-19-16(20)15-10-12(11-24-15)17(21)22/h4-7,10-11H,8-9H2,1-3H3,(H,19,20)(H,21,22). The lowest BCUT2D eigenvalue weighted by molar-refractivity contribution is 0.0696. The Morgan fingerprint density at radius 2 is 1.88 bits per heavy atom. The van der Waals surface area contributed by atoms with Gasteiger partial charge in [0, 0.05) is 6.07 Å². The zero-order valence-corrected chi connectivity index (χ0v) is 14.0. The summed E-state index contributed by atoms with van der Waals surface area (Å²) in [4.78, 5) is 22.5. The average molecular weight is 331 g/mol. The predicted molar refractivity (Wildman–Crippen MR) is 88.6 cm³/mol. The van der Waals surface area contributed by atoms with Crippen molar-refractivity contribution in [1.29, 1.82) is 0 Å². The summed E-state index contributed by atoms with van der Waals surface area (Å²) in [6.45, 7) is 7.00. The summed E-state index contributed by atoms with van der Waals surface area (Å²) in [5.74, 6) is -0.931. The minimum absolute atomic E-state index is 0.0399. The van der Waals surface area contributed by atoms with Gasteiger partial charge in [-0.3, -0.25) is 4.79 Å². The molecular formula is C18H21NO5. The summed E-state index contributed by atoms with van der Waals surface area (Å²) in [5, 5.41) is 11.4. The average Bonchev–Trinajstić information content (AvgIpc) is 3.01. The van der Waals surface area contributed by atoms with E-state index in [4.69, 9.17) is 14.3 Å². The van der Waals surface area contributed by atoms with Crippen molar-refractivity contribution < 1.29 is 23.8 Å². The smallest absolute Gasteiger partial charge is 0.338 e. The van der Waals surface area contributed by atoms with Crippen molar-refractivity contribution in [1.82, 2.24) is 5.32 Å². The van der Waals surface area contributed by atoms with Crippen molar-refractivity contribution in [3.8, 4) is 5.75 Å². The van der Waals surface area contributed by atoms with E-state index in [-0.39, 0.29) is 23.3 Å². The second-order valence-corrected chi connectivity index (χ2v) is 6.38. The molecule has 0 fully saturated rings. The van der Waals surface area contributed by atoms with Crippen molar-refractivity contribution in [3.05, 3.63) is 53.5 Å². The number of benzene rings is 1. The Hall–Kier alpha value is -2.76. The molecule has 1 aromatic carbocycles. The van der Waals surface area contributed by atoms with E-state index in [1.54, 1.807) is 0 Å². The molecule has 0 atom stereocenters. The van der Waals surface area contributed by atoms with Crippen LogP contribution < -0.4 is 10.1 Å². The van der Waals surface area contributed by atoms with Crippen LogP contribution in [-0.4, -0.2) is 30.1 Å². The van der Waals surface area contributed by atoms with Crippen LogP contribution in [0.15, 0.2) is 41.0 Å². The first kappa shape index (κ1) is 17.6. The van der Waals surface area contributed by atoms with E-state index in [9.17, 15) is 9.59 Å². The van der Waals surface area contributed by atoms with E-state index in [0.717, 1.165) is 12.0 Å². The third kappa shape index (κ3) is 4.62. The molecule has 1 amide bonds. The second kappa shape index (κ2) is 7.21. The number of nitrogens with one attached hydrogen (secondary N) is 1. The third-order valence-corrected chi connectivity index (χ3v) is 3.45. The van der Waals surface area contributed by atoms with E-state index < -0.39 is 11.9 Å². The van der Waals surface area contributed by atoms with Crippen LogP contribution in [0.4, 0.5) is 0 Å². The topological polar surface area (TPSA) is 88.8 Å². The van der Waals surface area contributed by atoms with Gasteiger partial charge in [-0.1, -0.05) is 32.9 Å². The van der Waals surface area contributed by atoms with Gasteiger partial charge >= 0.3 is 5.97 Å². The van der Waals surface area contributed by atoms with Gasteiger partial charge in [-0.15, -0.1) is 0 Å². The molecule has 0 aliphatic rings. The van der Waals surface area contributed by atoms with Gasteiger partial charge in [0.25, 0.3) is 5.91 Å². The molecule has 0 saturated heterocycles. The summed E-state index contributed by atoms with van der Waals surface area (Å²) in [5.41, 5.74) is 1.25. The van der Waals surface area contributed by atoms with Gasteiger partial charge in [0.2, 0.25) is 0 Å². The van der Waals surface area contributed by atoms with Crippen LogP contribution in [0.2, 0.25) is 0 Å².